The maximum absolute atomic E-state index is 13.3. The number of benzene rings is 1. The van der Waals surface area contributed by atoms with E-state index in [0.717, 1.165) is 7.11 Å². The van der Waals surface area contributed by atoms with Gasteiger partial charge in [-0.25, -0.2) is 13.2 Å². The Balaban J connectivity index is 3.38. The van der Waals surface area contributed by atoms with Gasteiger partial charge in [0.1, 0.15) is 0 Å². The van der Waals surface area contributed by atoms with Gasteiger partial charge in [0, 0.05) is 0 Å². The monoisotopic (exact) mass is 368 g/mol. The third kappa shape index (κ3) is 2.99. The van der Waals surface area contributed by atoms with E-state index in [-0.39, 0.29) is 5.56 Å². The van der Waals surface area contributed by atoms with E-state index in [1.165, 1.54) is 0 Å². The number of rotatable bonds is 4. The Morgan fingerprint density at radius 1 is 0.957 bits per heavy atom. The molecule has 0 aliphatic carbocycles. The Kier molecular flexibility index (Phi) is 4.72. The first-order valence-corrected chi connectivity index (χ1v) is 6.94. The van der Waals surface area contributed by atoms with Crippen molar-refractivity contribution in [3.05, 3.63) is 29.8 Å². The predicted molar refractivity (Wildman–Crippen MR) is 60.9 cm³/mol. The molecule has 0 atom stereocenters. The SMILES string of the molecule is COC(=O)c1ccc(S(=O)(=O)C(F)(F)C(F)(F)C(F)(F)F)cc1. The zero-order valence-electron chi connectivity index (χ0n) is 11.0. The zero-order chi connectivity index (χ0) is 18.3. The molecule has 0 aliphatic rings. The number of halogens is 7. The zero-order valence-corrected chi connectivity index (χ0v) is 11.8. The summed E-state index contributed by atoms with van der Waals surface area (Å²) < 4.78 is 116. The second kappa shape index (κ2) is 5.65. The molecule has 0 bridgehead atoms. The normalized spacial score (nSPS) is 13.7. The first-order valence-electron chi connectivity index (χ1n) is 5.45. The number of sulfone groups is 1. The van der Waals surface area contributed by atoms with Gasteiger partial charge in [0.25, 0.3) is 0 Å². The van der Waals surface area contributed by atoms with Crippen LogP contribution in [0.15, 0.2) is 29.2 Å². The summed E-state index contributed by atoms with van der Waals surface area (Å²) in [6.45, 7) is 0. The molecule has 12 heteroatoms. The Morgan fingerprint density at radius 2 is 1.39 bits per heavy atom. The number of carbonyl (C=O) groups excluding carboxylic acids is 1. The van der Waals surface area contributed by atoms with Crippen molar-refractivity contribution < 1.29 is 48.7 Å². The Labute approximate surface area is 124 Å². The van der Waals surface area contributed by atoms with Crippen molar-refractivity contribution in [2.75, 3.05) is 7.11 Å². The molecule has 1 rings (SSSR count). The number of hydrogen-bond donors (Lipinski definition) is 0. The molecule has 1 aromatic rings. The van der Waals surface area contributed by atoms with Gasteiger partial charge in [-0.15, -0.1) is 0 Å². The van der Waals surface area contributed by atoms with Crippen LogP contribution >= 0.6 is 0 Å². The van der Waals surface area contributed by atoms with Crippen LogP contribution in [0.4, 0.5) is 30.7 Å². The Hall–Kier alpha value is -1.85. The first-order chi connectivity index (χ1) is 10.2. The molecule has 0 saturated heterocycles. The van der Waals surface area contributed by atoms with Crippen molar-refractivity contribution in [1.29, 1.82) is 0 Å². The standard InChI is InChI=1S/C11H7F7O4S/c1-22-8(19)6-2-4-7(5-3-6)23(20,21)11(17,18)9(12,13)10(14,15)16/h2-5H,1H3. The van der Waals surface area contributed by atoms with Crippen molar-refractivity contribution in [3.8, 4) is 0 Å². The van der Waals surface area contributed by atoms with Gasteiger partial charge in [-0.3, -0.25) is 0 Å². The van der Waals surface area contributed by atoms with E-state index in [1.807, 2.05) is 0 Å². The highest BCUT2D eigenvalue weighted by molar-refractivity contribution is 7.92. The lowest BCUT2D eigenvalue weighted by atomic mass is 10.2. The molecule has 130 valence electrons. The van der Waals surface area contributed by atoms with Crippen molar-refractivity contribution in [3.63, 3.8) is 0 Å². The molecular weight excluding hydrogens is 361 g/mol. The summed E-state index contributed by atoms with van der Waals surface area (Å²) in [6, 6.07) is 1.84. The minimum atomic E-state index is -6.81. The van der Waals surface area contributed by atoms with E-state index in [9.17, 15) is 43.9 Å². The molecule has 0 N–H and O–H groups in total. The third-order valence-electron chi connectivity index (χ3n) is 2.64. The van der Waals surface area contributed by atoms with E-state index in [2.05, 4.69) is 4.74 Å². The maximum atomic E-state index is 13.3. The van der Waals surface area contributed by atoms with Gasteiger partial charge in [0.15, 0.2) is 0 Å². The fourth-order valence-corrected chi connectivity index (χ4v) is 2.61. The van der Waals surface area contributed by atoms with Crippen LogP contribution < -0.4 is 0 Å². The highest BCUT2D eigenvalue weighted by atomic mass is 32.2. The number of carbonyl (C=O) groups is 1. The molecule has 4 nitrogen and oxygen atoms in total. The van der Waals surface area contributed by atoms with Crippen LogP contribution in [0.5, 0.6) is 0 Å². The smallest absolute Gasteiger partial charge is 0.461 e. The third-order valence-corrected chi connectivity index (χ3v) is 4.47. The van der Waals surface area contributed by atoms with Crippen LogP contribution in [0.3, 0.4) is 0 Å². The predicted octanol–water partition coefficient (Wildman–Crippen LogP) is 3.04. The second-order valence-electron chi connectivity index (χ2n) is 4.11. The van der Waals surface area contributed by atoms with E-state index in [0.29, 0.717) is 24.3 Å². The van der Waals surface area contributed by atoms with E-state index in [1.54, 1.807) is 0 Å². The number of methoxy groups -OCH3 is 1. The summed E-state index contributed by atoms with van der Waals surface area (Å²) >= 11 is 0. The van der Waals surface area contributed by atoms with Crippen LogP contribution in [-0.2, 0) is 14.6 Å². The lowest BCUT2D eigenvalue weighted by molar-refractivity contribution is -0.332. The molecule has 1 aromatic carbocycles. The number of alkyl halides is 7. The van der Waals surface area contributed by atoms with Crippen molar-refractivity contribution in [2.24, 2.45) is 0 Å². The summed E-state index contributed by atoms with van der Waals surface area (Å²) in [4.78, 5) is 9.56. The summed E-state index contributed by atoms with van der Waals surface area (Å²) in [5.41, 5.74) is -0.322. The summed E-state index contributed by atoms with van der Waals surface area (Å²) in [5.74, 6) is -7.80. The second-order valence-corrected chi connectivity index (χ2v) is 6.10. The summed E-state index contributed by atoms with van der Waals surface area (Å²) in [6.07, 6.45) is -6.78. The van der Waals surface area contributed by atoms with Crippen LogP contribution in [0, 0.1) is 0 Å². The molecule has 0 aliphatic heterocycles. The summed E-state index contributed by atoms with van der Waals surface area (Å²) in [5, 5.41) is -6.44. The van der Waals surface area contributed by atoms with Crippen LogP contribution in [-0.4, -0.2) is 38.9 Å². The van der Waals surface area contributed by atoms with E-state index in [4.69, 9.17) is 0 Å². The van der Waals surface area contributed by atoms with Crippen LogP contribution in [0.1, 0.15) is 10.4 Å². The fraction of sp³-hybridized carbons (Fsp3) is 0.364. The number of esters is 1. The quantitative estimate of drug-likeness (QED) is 0.606. The molecule has 0 heterocycles. The molecule has 0 fully saturated rings. The lowest BCUT2D eigenvalue weighted by Crippen LogP contribution is -2.55. The Morgan fingerprint density at radius 3 is 1.74 bits per heavy atom. The molecule has 0 amide bonds. The lowest BCUT2D eigenvalue weighted by Gasteiger charge is -2.27. The van der Waals surface area contributed by atoms with Gasteiger partial charge >= 0.3 is 23.3 Å². The van der Waals surface area contributed by atoms with Crippen molar-refractivity contribution in [2.45, 2.75) is 22.2 Å². The maximum Gasteiger partial charge on any atom is 0.461 e. The highest BCUT2D eigenvalue weighted by Gasteiger charge is 2.78. The topological polar surface area (TPSA) is 60.4 Å². The molecular formula is C11H7F7O4S. The summed E-state index contributed by atoms with van der Waals surface area (Å²) in [7, 11) is -5.43. The minimum absolute atomic E-state index is 0.294. The van der Waals surface area contributed by atoms with Gasteiger partial charge in [0.05, 0.1) is 17.6 Å². The van der Waals surface area contributed by atoms with Crippen LogP contribution in [0.25, 0.3) is 0 Å². The average Bonchev–Trinajstić information content (AvgIpc) is 2.44. The molecule has 0 aromatic heterocycles. The van der Waals surface area contributed by atoms with Gasteiger partial charge < -0.3 is 4.74 Å². The van der Waals surface area contributed by atoms with Crippen molar-refractivity contribution >= 4 is 15.8 Å². The number of ether oxygens (including phenoxy) is 1. The number of hydrogen-bond acceptors (Lipinski definition) is 4. The van der Waals surface area contributed by atoms with Gasteiger partial charge in [-0.1, -0.05) is 0 Å². The minimum Gasteiger partial charge on any atom is -0.465 e. The molecule has 0 radical (unpaired) electrons. The molecule has 0 saturated carbocycles. The van der Waals surface area contributed by atoms with Gasteiger partial charge in [-0.2, -0.15) is 30.7 Å². The first kappa shape index (κ1) is 19.2. The molecule has 0 unspecified atom stereocenters. The van der Waals surface area contributed by atoms with E-state index >= 15 is 0 Å². The highest BCUT2D eigenvalue weighted by Crippen LogP contribution is 2.50. The van der Waals surface area contributed by atoms with E-state index < -0.39 is 38.1 Å². The fourth-order valence-electron chi connectivity index (χ4n) is 1.37. The largest absolute Gasteiger partial charge is 0.465 e. The van der Waals surface area contributed by atoms with Crippen LogP contribution in [0.2, 0.25) is 0 Å². The molecule has 23 heavy (non-hydrogen) atoms. The Bertz CT molecular complexity index is 692. The van der Waals surface area contributed by atoms with Gasteiger partial charge in [0.2, 0.25) is 9.84 Å². The van der Waals surface area contributed by atoms with Gasteiger partial charge in [-0.05, 0) is 24.3 Å². The van der Waals surface area contributed by atoms with Crippen molar-refractivity contribution in [1.82, 2.24) is 0 Å². The molecule has 0 spiro atoms. The average molecular weight is 368 g/mol.